The third-order valence-corrected chi connectivity index (χ3v) is 5.71. The number of carbonyl (C=O) groups is 1. The van der Waals surface area contributed by atoms with Crippen molar-refractivity contribution in [2.75, 3.05) is 5.32 Å². The highest BCUT2D eigenvalue weighted by molar-refractivity contribution is 7.98. The van der Waals surface area contributed by atoms with Crippen molar-refractivity contribution >= 4 is 35.0 Å². The van der Waals surface area contributed by atoms with Gasteiger partial charge < -0.3 is 9.84 Å². The summed E-state index contributed by atoms with van der Waals surface area (Å²) in [6, 6.07) is 15.2. The van der Waals surface area contributed by atoms with E-state index in [4.69, 9.17) is 16.1 Å². The van der Waals surface area contributed by atoms with Crippen LogP contribution in [0, 0.1) is 6.92 Å². The van der Waals surface area contributed by atoms with Gasteiger partial charge in [0.05, 0.1) is 5.75 Å². The van der Waals surface area contributed by atoms with Gasteiger partial charge in [-0.2, -0.15) is 4.98 Å². The first-order chi connectivity index (χ1) is 15.1. The summed E-state index contributed by atoms with van der Waals surface area (Å²) in [5, 5.41) is 15.2. The van der Waals surface area contributed by atoms with Crippen molar-refractivity contribution in [1.29, 1.82) is 0 Å². The molecule has 0 aliphatic carbocycles. The van der Waals surface area contributed by atoms with Crippen molar-refractivity contribution in [3.05, 3.63) is 70.8 Å². The fourth-order valence-corrected chi connectivity index (χ4v) is 3.61. The minimum atomic E-state index is -0.145. The molecule has 1 amide bonds. The second kappa shape index (κ2) is 9.76. The van der Waals surface area contributed by atoms with Crippen LogP contribution < -0.4 is 5.32 Å². The highest BCUT2D eigenvalue weighted by atomic mass is 35.5. The first-order valence-corrected chi connectivity index (χ1v) is 10.9. The van der Waals surface area contributed by atoms with E-state index in [0.29, 0.717) is 45.6 Å². The lowest BCUT2D eigenvalue weighted by molar-refractivity contribution is -0.116. The summed E-state index contributed by atoms with van der Waals surface area (Å²) < 4.78 is 5.25. The van der Waals surface area contributed by atoms with Gasteiger partial charge in [0.1, 0.15) is 0 Å². The van der Waals surface area contributed by atoms with Gasteiger partial charge >= 0.3 is 0 Å². The number of aromatic amines is 1. The molecule has 2 aromatic carbocycles. The van der Waals surface area contributed by atoms with Crippen LogP contribution in [-0.4, -0.2) is 31.2 Å². The van der Waals surface area contributed by atoms with Gasteiger partial charge in [-0.25, -0.2) is 4.98 Å². The number of nitrogens with one attached hydrogen (secondary N) is 2. The summed E-state index contributed by atoms with van der Waals surface area (Å²) in [6.07, 6.45) is 0.573. The molecule has 0 radical (unpaired) electrons. The van der Waals surface area contributed by atoms with E-state index in [1.807, 2.05) is 43.3 Å². The number of halogens is 1. The van der Waals surface area contributed by atoms with Crippen molar-refractivity contribution in [2.24, 2.45) is 0 Å². The number of hydrogen-bond acceptors (Lipinski definition) is 7. The Balaban J connectivity index is 1.26. The molecule has 4 rings (SSSR count). The summed E-state index contributed by atoms with van der Waals surface area (Å²) in [6.45, 7) is 1.86. The molecule has 0 bridgehead atoms. The standard InChI is InChI=1S/C21H19ClN6O2S/c1-13-15(22)8-5-9-16(13)23-18(29)10-11-19-24-17(28-30-19)12-31-21-25-20(26-27-21)14-6-3-2-4-7-14/h2-9H,10-12H2,1H3,(H,23,29)(H,25,26,27). The van der Waals surface area contributed by atoms with Crippen LogP contribution in [0.2, 0.25) is 5.02 Å². The molecule has 0 saturated heterocycles. The number of benzene rings is 2. The zero-order valence-electron chi connectivity index (χ0n) is 16.6. The summed E-state index contributed by atoms with van der Waals surface area (Å²) in [5.41, 5.74) is 2.49. The molecule has 0 spiro atoms. The molecular formula is C21H19ClN6O2S. The van der Waals surface area contributed by atoms with Gasteiger partial charge in [-0.15, -0.1) is 5.10 Å². The van der Waals surface area contributed by atoms with Crippen molar-refractivity contribution in [2.45, 2.75) is 30.7 Å². The minimum absolute atomic E-state index is 0.145. The Labute approximate surface area is 187 Å². The lowest BCUT2D eigenvalue weighted by Crippen LogP contribution is -2.13. The summed E-state index contributed by atoms with van der Waals surface area (Å²) in [5.74, 6) is 1.96. The van der Waals surface area contributed by atoms with Crippen LogP contribution in [0.15, 0.2) is 58.2 Å². The van der Waals surface area contributed by atoms with E-state index in [2.05, 4.69) is 30.6 Å². The van der Waals surface area contributed by atoms with Crippen LogP contribution in [0.25, 0.3) is 11.4 Å². The maximum Gasteiger partial charge on any atom is 0.227 e. The fraction of sp³-hybridized carbons (Fsp3) is 0.190. The van der Waals surface area contributed by atoms with Crippen LogP contribution in [-0.2, 0) is 17.0 Å². The van der Waals surface area contributed by atoms with Gasteiger partial charge in [0.2, 0.25) is 17.0 Å². The molecule has 2 heterocycles. The number of rotatable bonds is 8. The molecule has 0 saturated carbocycles. The van der Waals surface area contributed by atoms with Crippen molar-refractivity contribution in [1.82, 2.24) is 25.3 Å². The Bertz CT molecular complexity index is 1180. The molecule has 158 valence electrons. The van der Waals surface area contributed by atoms with Crippen LogP contribution in [0.3, 0.4) is 0 Å². The number of aromatic nitrogens is 5. The van der Waals surface area contributed by atoms with Crippen LogP contribution in [0.1, 0.15) is 23.7 Å². The van der Waals surface area contributed by atoms with Crippen LogP contribution in [0.5, 0.6) is 0 Å². The summed E-state index contributed by atoms with van der Waals surface area (Å²) >= 11 is 7.48. The molecule has 0 aliphatic heterocycles. The van der Waals surface area contributed by atoms with Gasteiger partial charge in [-0.3, -0.25) is 9.89 Å². The molecule has 0 aliphatic rings. The average molecular weight is 455 g/mol. The number of thioether (sulfide) groups is 1. The molecular weight excluding hydrogens is 436 g/mol. The second-order valence-corrected chi connectivity index (χ2v) is 8.04. The van der Waals surface area contributed by atoms with E-state index < -0.39 is 0 Å². The van der Waals surface area contributed by atoms with E-state index in [1.54, 1.807) is 12.1 Å². The highest BCUT2D eigenvalue weighted by Gasteiger charge is 2.13. The summed E-state index contributed by atoms with van der Waals surface area (Å²) in [4.78, 5) is 21.0. The Kier molecular flexibility index (Phi) is 6.63. The minimum Gasteiger partial charge on any atom is -0.339 e. The van der Waals surface area contributed by atoms with Gasteiger partial charge in [0.25, 0.3) is 0 Å². The predicted octanol–water partition coefficient (Wildman–Crippen LogP) is 4.68. The van der Waals surface area contributed by atoms with E-state index in [-0.39, 0.29) is 12.3 Å². The number of hydrogen-bond donors (Lipinski definition) is 2. The third-order valence-electron chi connectivity index (χ3n) is 4.46. The zero-order valence-corrected chi connectivity index (χ0v) is 18.2. The van der Waals surface area contributed by atoms with E-state index in [1.165, 1.54) is 11.8 Å². The largest absolute Gasteiger partial charge is 0.339 e. The van der Waals surface area contributed by atoms with Gasteiger partial charge in [-0.05, 0) is 24.6 Å². The molecule has 0 fully saturated rings. The number of nitrogens with zero attached hydrogens (tertiary/aromatic N) is 4. The van der Waals surface area contributed by atoms with E-state index in [9.17, 15) is 4.79 Å². The predicted molar refractivity (Wildman–Crippen MR) is 119 cm³/mol. The third kappa shape index (κ3) is 5.50. The Morgan fingerprint density at radius 3 is 2.84 bits per heavy atom. The molecule has 0 atom stereocenters. The van der Waals surface area contributed by atoms with Crippen LogP contribution in [0.4, 0.5) is 5.69 Å². The number of aryl methyl sites for hydroxylation is 1. The number of carbonyl (C=O) groups excluding carboxylic acids is 1. The normalized spacial score (nSPS) is 10.9. The number of amides is 1. The first kappa shape index (κ1) is 21.1. The molecule has 2 N–H and O–H groups in total. The first-order valence-electron chi connectivity index (χ1n) is 9.55. The second-order valence-electron chi connectivity index (χ2n) is 6.69. The Morgan fingerprint density at radius 2 is 2.00 bits per heavy atom. The number of H-pyrrole nitrogens is 1. The molecule has 0 unspecified atom stereocenters. The molecule has 10 heteroatoms. The van der Waals surface area contributed by atoms with Crippen molar-refractivity contribution in [3.63, 3.8) is 0 Å². The summed E-state index contributed by atoms with van der Waals surface area (Å²) in [7, 11) is 0. The number of anilines is 1. The molecule has 31 heavy (non-hydrogen) atoms. The van der Waals surface area contributed by atoms with Crippen molar-refractivity contribution in [3.8, 4) is 11.4 Å². The molecule has 2 aromatic heterocycles. The fourth-order valence-electron chi connectivity index (χ4n) is 2.79. The van der Waals surface area contributed by atoms with Gasteiger partial charge in [0, 0.05) is 29.1 Å². The highest BCUT2D eigenvalue weighted by Crippen LogP contribution is 2.23. The Morgan fingerprint density at radius 1 is 1.16 bits per heavy atom. The van der Waals surface area contributed by atoms with Crippen LogP contribution >= 0.6 is 23.4 Å². The maximum atomic E-state index is 12.2. The van der Waals surface area contributed by atoms with Crippen molar-refractivity contribution < 1.29 is 9.32 Å². The monoisotopic (exact) mass is 454 g/mol. The SMILES string of the molecule is Cc1c(Cl)cccc1NC(=O)CCc1nc(CSc2n[nH]c(-c3ccccc3)n2)no1. The van der Waals surface area contributed by atoms with Gasteiger partial charge in [0.15, 0.2) is 11.6 Å². The average Bonchev–Trinajstić information content (AvgIpc) is 3.44. The van der Waals surface area contributed by atoms with E-state index >= 15 is 0 Å². The zero-order chi connectivity index (χ0) is 21.6. The van der Waals surface area contributed by atoms with E-state index in [0.717, 1.165) is 11.1 Å². The topological polar surface area (TPSA) is 110 Å². The quantitative estimate of drug-likeness (QED) is 0.372. The molecule has 8 nitrogen and oxygen atoms in total. The maximum absolute atomic E-state index is 12.2. The smallest absolute Gasteiger partial charge is 0.227 e. The lowest BCUT2D eigenvalue weighted by Gasteiger charge is -2.08. The lowest BCUT2D eigenvalue weighted by atomic mass is 10.2. The van der Waals surface area contributed by atoms with Gasteiger partial charge in [-0.1, -0.05) is 64.9 Å². The Hall–Kier alpha value is -3.17. The molecule has 4 aromatic rings.